The Balaban J connectivity index is 1.26. The first-order valence-corrected chi connectivity index (χ1v) is 10.2. The number of hydrogen-bond donors (Lipinski definition) is 1. The summed E-state index contributed by atoms with van der Waals surface area (Å²) in [5.41, 5.74) is 0. The van der Waals surface area contributed by atoms with E-state index in [4.69, 9.17) is 5.11 Å². The topological polar surface area (TPSA) is 76.0 Å². The number of carbonyl (C=O) groups is 1. The van der Waals surface area contributed by atoms with Crippen molar-refractivity contribution in [1.82, 2.24) is 20.0 Å². The first kappa shape index (κ1) is 18.4. The Kier molecular flexibility index (Phi) is 5.73. The zero-order chi connectivity index (χ0) is 18.6. The van der Waals surface area contributed by atoms with Crippen LogP contribution < -0.4 is 9.80 Å². The first-order valence-electron chi connectivity index (χ1n) is 10.2. The van der Waals surface area contributed by atoms with Crippen molar-refractivity contribution in [2.45, 2.75) is 19.3 Å². The third-order valence-corrected chi connectivity index (χ3v) is 5.87. The van der Waals surface area contributed by atoms with Gasteiger partial charge in [0.1, 0.15) is 0 Å². The van der Waals surface area contributed by atoms with E-state index in [0.717, 1.165) is 77.0 Å². The van der Waals surface area contributed by atoms with Crippen molar-refractivity contribution in [1.29, 1.82) is 0 Å². The van der Waals surface area contributed by atoms with Crippen LogP contribution >= 0.6 is 0 Å². The summed E-state index contributed by atoms with van der Waals surface area (Å²) in [6.07, 6.45) is 3.19. The van der Waals surface area contributed by atoms with Crippen molar-refractivity contribution in [2.75, 3.05) is 75.3 Å². The van der Waals surface area contributed by atoms with Crippen LogP contribution in [0, 0.1) is 5.92 Å². The van der Waals surface area contributed by atoms with Crippen molar-refractivity contribution in [3.63, 3.8) is 0 Å². The molecule has 1 aromatic rings. The van der Waals surface area contributed by atoms with E-state index in [1.54, 1.807) is 0 Å². The number of nitrogens with zero attached hydrogens (tertiary/aromatic N) is 6. The smallest absolute Gasteiger partial charge is 0.222 e. The lowest BCUT2D eigenvalue weighted by Gasteiger charge is -2.36. The van der Waals surface area contributed by atoms with Crippen LogP contribution in [0.2, 0.25) is 0 Å². The molecule has 3 aliphatic rings. The van der Waals surface area contributed by atoms with Gasteiger partial charge in [0.2, 0.25) is 5.91 Å². The van der Waals surface area contributed by atoms with Crippen molar-refractivity contribution in [3.05, 3.63) is 12.1 Å². The number of carbonyl (C=O) groups excluding carboxylic acids is 1. The SMILES string of the molecule is O=C(CC1CC1)N1CCN(c2ccc(N3CCN(CCO)CC3)nn2)CC1. The monoisotopic (exact) mass is 374 g/mol. The molecule has 1 N–H and O–H groups in total. The second-order valence-electron chi connectivity index (χ2n) is 7.82. The Morgan fingerprint density at radius 2 is 1.48 bits per heavy atom. The van der Waals surface area contributed by atoms with Crippen LogP contribution in [0.5, 0.6) is 0 Å². The quantitative estimate of drug-likeness (QED) is 0.753. The van der Waals surface area contributed by atoms with Gasteiger partial charge in [-0.15, -0.1) is 10.2 Å². The van der Waals surface area contributed by atoms with Gasteiger partial charge in [-0.3, -0.25) is 9.69 Å². The van der Waals surface area contributed by atoms with Crippen LogP contribution in [0.15, 0.2) is 12.1 Å². The van der Waals surface area contributed by atoms with E-state index >= 15 is 0 Å². The van der Waals surface area contributed by atoms with E-state index < -0.39 is 0 Å². The van der Waals surface area contributed by atoms with Gasteiger partial charge < -0.3 is 19.8 Å². The molecule has 8 heteroatoms. The van der Waals surface area contributed by atoms with Crippen LogP contribution in [-0.4, -0.2) is 96.5 Å². The van der Waals surface area contributed by atoms with E-state index in [1.807, 2.05) is 11.0 Å². The zero-order valence-electron chi connectivity index (χ0n) is 16.0. The lowest BCUT2D eigenvalue weighted by molar-refractivity contribution is -0.131. The van der Waals surface area contributed by atoms with Gasteiger partial charge in [-0.1, -0.05) is 0 Å². The lowest BCUT2D eigenvalue weighted by atomic mass is 10.2. The Morgan fingerprint density at radius 1 is 0.926 bits per heavy atom. The normalized spacial score (nSPS) is 21.6. The van der Waals surface area contributed by atoms with Crippen LogP contribution in [0.3, 0.4) is 0 Å². The standard InChI is InChI=1S/C19H30N6O2/c26-14-13-22-5-7-23(8-6-22)17-3-4-18(21-20-17)24-9-11-25(12-10-24)19(27)15-16-1-2-16/h3-4,16,26H,1-2,5-15H2. The minimum atomic E-state index is 0.216. The van der Waals surface area contributed by atoms with E-state index in [9.17, 15) is 4.79 Å². The predicted octanol–water partition coefficient (Wildman–Crippen LogP) is 0.0396. The molecular formula is C19H30N6O2. The molecule has 1 saturated carbocycles. The highest BCUT2D eigenvalue weighted by atomic mass is 16.3. The highest BCUT2D eigenvalue weighted by molar-refractivity contribution is 5.77. The molecule has 2 saturated heterocycles. The second kappa shape index (κ2) is 8.39. The van der Waals surface area contributed by atoms with Crippen LogP contribution in [0.4, 0.5) is 11.6 Å². The highest BCUT2D eigenvalue weighted by Gasteiger charge is 2.29. The minimum absolute atomic E-state index is 0.216. The van der Waals surface area contributed by atoms with Crippen molar-refractivity contribution in [2.24, 2.45) is 5.92 Å². The summed E-state index contributed by atoms with van der Waals surface area (Å²) >= 11 is 0. The van der Waals surface area contributed by atoms with Crippen molar-refractivity contribution >= 4 is 17.5 Å². The number of anilines is 2. The summed E-state index contributed by atoms with van der Waals surface area (Å²) in [6.45, 7) is 7.88. The minimum Gasteiger partial charge on any atom is -0.395 e. The van der Waals surface area contributed by atoms with E-state index in [-0.39, 0.29) is 6.61 Å². The number of hydrogen-bond acceptors (Lipinski definition) is 7. The van der Waals surface area contributed by atoms with E-state index in [2.05, 4.69) is 31.0 Å². The Bertz CT molecular complexity index is 620. The second-order valence-corrected chi connectivity index (χ2v) is 7.82. The molecule has 3 fully saturated rings. The Labute approximate surface area is 160 Å². The predicted molar refractivity (Wildman–Crippen MR) is 104 cm³/mol. The van der Waals surface area contributed by atoms with Gasteiger partial charge in [0.25, 0.3) is 0 Å². The highest BCUT2D eigenvalue weighted by Crippen LogP contribution is 2.33. The van der Waals surface area contributed by atoms with Crippen molar-refractivity contribution < 1.29 is 9.90 Å². The molecule has 2 aliphatic heterocycles. The number of aromatic nitrogens is 2. The molecule has 3 heterocycles. The molecule has 27 heavy (non-hydrogen) atoms. The third kappa shape index (κ3) is 4.68. The van der Waals surface area contributed by atoms with Gasteiger partial charge >= 0.3 is 0 Å². The molecule has 148 valence electrons. The number of piperazine rings is 2. The fourth-order valence-electron chi connectivity index (χ4n) is 3.88. The summed E-state index contributed by atoms with van der Waals surface area (Å²) in [5, 5.41) is 17.9. The average molecular weight is 374 g/mol. The van der Waals surface area contributed by atoms with Gasteiger partial charge in [-0.25, -0.2) is 0 Å². The molecule has 0 atom stereocenters. The van der Waals surface area contributed by atoms with Crippen LogP contribution in [0.1, 0.15) is 19.3 Å². The Morgan fingerprint density at radius 3 is 1.96 bits per heavy atom. The molecule has 1 amide bonds. The fourth-order valence-corrected chi connectivity index (χ4v) is 3.88. The summed E-state index contributed by atoms with van der Waals surface area (Å²) < 4.78 is 0. The molecule has 1 aromatic heterocycles. The maximum Gasteiger partial charge on any atom is 0.222 e. The summed E-state index contributed by atoms with van der Waals surface area (Å²) in [4.78, 5) is 21.0. The van der Waals surface area contributed by atoms with Crippen LogP contribution in [0.25, 0.3) is 0 Å². The molecule has 4 rings (SSSR count). The molecule has 0 spiro atoms. The first-order chi connectivity index (χ1) is 13.2. The molecular weight excluding hydrogens is 344 g/mol. The largest absolute Gasteiger partial charge is 0.395 e. The lowest BCUT2D eigenvalue weighted by Crippen LogP contribution is -2.49. The molecule has 0 unspecified atom stereocenters. The molecule has 8 nitrogen and oxygen atoms in total. The molecule has 1 aliphatic carbocycles. The fraction of sp³-hybridized carbons (Fsp3) is 0.737. The van der Waals surface area contributed by atoms with Gasteiger partial charge in [-0.2, -0.15) is 0 Å². The molecule has 0 aromatic carbocycles. The zero-order valence-corrected chi connectivity index (χ0v) is 16.0. The summed E-state index contributed by atoms with van der Waals surface area (Å²) in [5.74, 6) is 2.78. The number of β-amino-alcohol motifs (C(OH)–C–C–N with tert-alkyl or cyclic N) is 1. The maximum absolute atomic E-state index is 12.2. The van der Waals surface area contributed by atoms with Gasteiger partial charge in [0.15, 0.2) is 11.6 Å². The van der Waals surface area contributed by atoms with Gasteiger partial charge in [0, 0.05) is 65.3 Å². The van der Waals surface area contributed by atoms with Gasteiger partial charge in [-0.05, 0) is 30.9 Å². The van der Waals surface area contributed by atoms with E-state index in [1.165, 1.54) is 12.8 Å². The van der Waals surface area contributed by atoms with Crippen LogP contribution in [-0.2, 0) is 4.79 Å². The number of aliphatic hydroxyl groups is 1. The molecule has 0 radical (unpaired) electrons. The Hall–Kier alpha value is -1.93. The maximum atomic E-state index is 12.2. The number of aliphatic hydroxyl groups excluding tert-OH is 1. The summed E-state index contributed by atoms with van der Waals surface area (Å²) in [6, 6.07) is 4.10. The van der Waals surface area contributed by atoms with Gasteiger partial charge in [0.05, 0.1) is 6.61 Å². The average Bonchev–Trinajstić information content (AvgIpc) is 3.53. The molecule has 0 bridgehead atoms. The third-order valence-electron chi connectivity index (χ3n) is 5.87. The van der Waals surface area contributed by atoms with Crippen molar-refractivity contribution in [3.8, 4) is 0 Å². The summed E-state index contributed by atoms with van der Waals surface area (Å²) in [7, 11) is 0. The number of amides is 1. The number of rotatable bonds is 6. The van der Waals surface area contributed by atoms with E-state index in [0.29, 0.717) is 11.8 Å².